The second kappa shape index (κ2) is 4.78. The lowest BCUT2D eigenvalue weighted by molar-refractivity contribution is 0.524. The summed E-state index contributed by atoms with van der Waals surface area (Å²) in [5, 5.41) is 8.41. The molecule has 0 N–H and O–H groups in total. The van der Waals surface area contributed by atoms with Crippen LogP contribution in [0, 0.1) is 0 Å². The minimum absolute atomic E-state index is 0.747. The first-order valence-electron chi connectivity index (χ1n) is 5.39. The average molecular weight is 214 g/mol. The van der Waals surface area contributed by atoms with Crippen LogP contribution >= 0.6 is 11.6 Å². The van der Waals surface area contributed by atoms with E-state index < -0.39 is 0 Å². The summed E-state index contributed by atoms with van der Waals surface area (Å²) >= 11 is 5.64. The fourth-order valence-corrected chi connectivity index (χ4v) is 2.15. The third-order valence-corrected chi connectivity index (χ3v) is 3.02. The van der Waals surface area contributed by atoms with Crippen LogP contribution in [0.3, 0.4) is 0 Å². The molecule has 1 aliphatic rings. The molecule has 0 bridgehead atoms. The van der Waals surface area contributed by atoms with E-state index in [0.29, 0.717) is 0 Å². The van der Waals surface area contributed by atoms with Crippen LogP contribution in [0.4, 0.5) is 0 Å². The Morgan fingerprint density at radius 3 is 2.93 bits per heavy atom. The highest BCUT2D eigenvalue weighted by Gasteiger charge is 2.15. The van der Waals surface area contributed by atoms with Gasteiger partial charge in [-0.15, -0.1) is 16.7 Å². The van der Waals surface area contributed by atoms with E-state index in [1.807, 2.05) is 0 Å². The molecule has 0 atom stereocenters. The van der Waals surface area contributed by atoms with E-state index in [9.17, 15) is 0 Å². The van der Waals surface area contributed by atoms with Gasteiger partial charge < -0.3 is 0 Å². The quantitative estimate of drug-likeness (QED) is 0.567. The predicted molar refractivity (Wildman–Crippen MR) is 56.6 cm³/mol. The second-order valence-electron chi connectivity index (χ2n) is 3.81. The zero-order valence-corrected chi connectivity index (χ0v) is 9.13. The molecule has 0 amide bonds. The van der Waals surface area contributed by atoms with Crippen molar-refractivity contribution in [3.05, 3.63) is 11.4 Å². The molecule has 14 heavy (non-hydrogen) atoms. The Kier molecular flexibility index (Phi) is 3.40. The maximum Gasteiger partial charge on any atom is 0.0859 e. The average Bonchev–Trinajstić information content (AvgIpc) is 2.63. The molecule has 0 aliphatic heterocycles. The van der Waals surface area contributed by atoms with Gasteiger partial charge in [-0.25, -0.2) is 4.68 Å². The lowest BCUT2D eigenvalue weighted by Crippen LogP contribution is -2.09. The third kappa shape index (κ3) is 2.08. The summed E-state index contributed by atoms with van der Waals surface area (Å²) in [7, 11) is 0. The number of nitrogens with zero attached hydrogens (tertiary/aromatic N) is 3. The molecule has 0 unspecified atom stereocenters. The number of unbranched alkanes of at least 4 members (excludes halogenated alkanes) is 1. The lowest BCUT2D eigenvalue weighted by atomic mass is 10.0. The minimum Gasteiger partial charge on any atom is -0.249 e. The van der Waals surface area contributed by atoms with Crippen LogP contribution in [0.25, 0.3) is 0 Å². The van der Waals surface area contributed by atoms with Gasteiger partial charge in [-0.05, 0) is 38.5 Å². The van der Waals surface area contributed by atoms with Crippen LogP contribution in [0.5, 0.6) is 0 Å². The Morgan fingerprint density at radius 1 is 1.21 bits per heavy atom. The number of alkyl halides is 1. The van der Waals surface area contributed by atoms with Crippen LogP contribution < -0.4 is 0 Å². The van der Waals surface area contributed by atoms with Crippen LogP contribution in [0.1, 0.15) is 37.1 Å². The predicted octanol–water partition coefficient (Wildman–Crippen LogP) is 2.18. The highest BCUT2D eigenvalue weighted by atomic mass is 35.5. The molecular weight excluding hydrogens is 198 g/mol. The van der Waals surface area contributed by atoms with E-state index in [2.05, 4.69) is 15.0 Å². The molecule has 1 heterocycles. The van der Waals surface area contributed by atoms with Gasteiger partial charge in [-0.1, -0.05) is 5.21 Å². The number of fused-ring (bicyclic) bond motifs is 1. The number of aryl methyl sites for hydroxylation is 2. The molecule has 0 radical (unpaired) electrons. The number of hydrogen-bond acceptors (Lipinski definition) is 2. The molecule has 2 rings (SSSR count). The van der Waals surface area contributed by atoms with Crippen LogP contribution in [-0.2, 0) is 19.4 Å². The Hall–Kier alpha value is -0.570. The summed E-state index contributed by atoms with van der Waals surface area (Å²) in [6.07, 6.45) is 7.01. The van der Waals surface area contributed by atoms with E-state index >= 15 is 0 Å². The van der Waals surface area contributed by atoms with Crippen molar-refractivity contribution in [1.82, 2.24) is 15.0 Å². The monoisotopic (exact) mass is 213 g/mol. The standard InChI is InChI=1S/C10H16ClN3/c11-7-3-4-8-14-10-6-2-1-5-9(10)12-13-14/h1-8H2. The molecule has 1 aromatic rings. The van der Waals surface area contributed by atoms with Gasteiger partial charge in [0.15, 0.2) is 0 Å². The summed E-state index contributed by atoms with van der Waals surface area (Å²) in [5.41, 5.74) is 2.59. The number of aromatic nitrogens is 3. The van der Waals surface area contributed by atoms with Crippen molar-refractivity contribution in [2.24, 2.45) is 0 Å². The van der Waals surface area contributed by atoms with Crippen molar-refractivity contribution in [1.29, 1.82) is 0 Å². The summed E-state index contributed by atoms with van der Waals surface area (Å²) in [4.78, 5) is 0. The summed E-state index contributed by atoms with van der Waals surface area (Å²) in [6.45, 7) is 0.981. The van der Waals surface area contributed by atoms with Gasteiger partial charge in [-0.2, -0.15) is 0 Å². The smallest absolute Gasteiger partial charge is 0.0859 e. The Labute approximate surface area is 89.4 Å². The molecule has 0 saturated carbocycles. The first-order valence-corrected chi connectivity index (χ1v) is 5.92. The van der Waals surface area contributed by atoms with Crippen molar-refractivity contribution in [3.63, 3.8) is 0 Å². The van der Waals surface area contributed by atoms with Gasteiger partial charge >= 0.3 is 0 Å². The van der Waals surface area contributed by atoms with Gasteiger partial charge in [-0.3, -0.25) is 0 Å². The molecule has 4 heteroatoms. The van der Waals surface area contributed by atoms with Crippen molar-refractivity contribution < 1.29 is 0 Å². The topological polar surface area (TPSA) is 30.7 Å². The number of hydrogen-bond donors (Lipinski definition) is 0. The number of rotatable bonds is 4. The summed E-state index contributed by atoms with van der Waals surface area (Å²) < 4.78 is 2.07. The molecule has 78 valence electrons. The van der Waals surface area contributed by atoms with Crippen molar-refractivity contribution >= 4 is 11.6 Å². The zero-order valence-electron chi connectivity index (χ0n) is 8.38. The van der Waals surface area contributed by atoms with E-state index in [1.165, 1.54) is 24.2 Å². The molecule has 3 nitrogen and oxygen atoms in total. The Bertz CT molecular complexity index is 296. The fraction of sp³-hybridized carbons (Fsp3) is 0.800. The van der Waals surface area contributed by atoms with E-state index in [1.54, 1.807) is 0 Å². The normalized spacial score (nSPS) is 15.5. The summed E-state index contributed by atoms with van der Waals surface area (Å²) in [6, 6.07) is 0. The molecular formula is C10H16ClN3. The van der Waals surface area contributed by atoms with E-state index in [4.69, 9.17) is 11.6 Å². The third-order valence-electron chi connectivity index (χ3n) is 2.75. The Balaban J connectivity index is 1.99. The molecule has 1 aromatic heterocycles. The molecule has 0 spiro atoms. The maximum absolute atomic E-state index is 5.64. The van der Waals surface area contributed by atoms with Gasteiger partial charge in [0, 0.05) is 12.4 Å². The van der Waals surface area contributed by atoms with Gasteiger partial charge in [0.25, 0.3) is 0 Å². The lowest BCUT2D eigenvalue weighted by Gasteiger charge is -2.11. The van der Waals surface area contributed by atoms with Crippen molar-refractivity contribution in [2.45, 2.75) is 45.1 Å². The van der Waals surface area contributed by atoms with Gasteiger partial charge in [0.1, 0.15) is 0 Å². The van der Waals surface area contributed by atoms with Gasteiger partial charge in [0.05, 0.1) is 11.4 Å². The van der Waals surface area contributed by atoms with Crippen molar-refractivity contribution in [3.8, 4) is 0 Å². The maximum atomic E-state index is 5.64. The molecule has 1 aliphatic carbocycles. The first-order chi connectivity index (χ1) is 6.92. The second-order valence-corrected chi connectivity index (χ2v) is 4.19. The SMILES string of the molecule is ClCCCCn1nnc2c1CCCC2. The molecule has 0 saturated heterocycles. The van der Waals surface area contributed by atoms with Crippen molar-refractivity contribution in [2.75, 3.05) is 5.88 Å². The zero-order chi connectivity index (χ0) is 9.80. The highest BCUT2D eigenvalue weighted by molar-refractivity contribution is 6.17. The first kappa shape index (κ1) is 9.97. The Morgan fingerprint density at radius 2 is 2.07 bits per heavy atom. The fourth-order valence-electron chi connectivity index (χ4n) is 1.96. The summed E-state index contributed by atoms with van der Waals surface area (Å²) in [5.74, 6) is 0.747. The van der Waals surface area contributed by atoms with Crippen LogP contribution in [0.15, 0.2) is 0 Å². The van der Waals surface area contributed by atoms with E-state index in [-0.39, 0.29) is 0 Å². The van der Waals surface area contributed by atoms with E-state index in [0.717, 1.165) is 38.1 Å². The minimum atomic E-state index is 0.747. The highest BCUT2D eigenvalue weighted by Crippen LogP contribution is 2.18. The number of halogens is 1. The van der Waals surface area contributed by atoms with Crippen LogP contribution in [-0.4, -0.2) is 20.9 Å². The van der Waals surface area contributed by atoms with Gasteiger partial charge in [0.2, 0.25) is 0 Å². The molecule has 0 fully saturated rings. The van der Waals surface area contributed by atoms with Crippen LogP contribution in [0.2, 0.25) is 0 Å². The largest absolute Gasteiger partial charge is 0.249 e. The molecule has 0 aromatic carbocycles.